The molecule has 158 valence electrons. The van der Waals surface area contributed by atoms with Crippen LogP contribution in [0.1, 0.15) is 48.2 Å². The Morgan fingerprint density at radius 1 is 1.07 bits per heavy atom. The quantitative estimate of drug-likeness (QED) is 0.558. The first-order valence-corrected chi connectivity index (χ1v) is 10.1. The van der Waals surface area contributed by atoms with E-state index in [2.05, 4.69) is 20.9 Å². The summed E-state index contributed by atoms with van der Waals surface area (Å²) in [5.41, 5.74) is 1.89. The zero-order valence-corrected chi connectivity index (χ0v) is 16.7. The fraction of sp³-hybridized carbons (Fsp3) is 0.364. The van der Waals surface area contributed by atoms with Crippen LogP contribution >= 0.6 is 0 Å². The van der Waals surface area contributed by atoms with E-state index in [-0.39, 0.29) is 23.7 Å². The topological polar surface area (TPSA) is 70.5 Å². The molecule has 0 atom stereocenters. The third-order valence-electron chi connectivity index (χ3n) is 5.58. The van der Waals surface area contributed by atoms with Crippen molar-refractivity contribution in [3.63, 3.8) is 0 Å². The van der Waals surface area contributed by atoms with E-state index in [0.29, 0.717) is 11.2 Å². The van der Waals surface area contributed by atoms with Gasteiger partial charge in [0.05, 0.1) is 0 Å². The van der Waals surface area contributed by atoms with Gasteiger partial charge in [-0.15, -0.1) is 0 Å². The number of pyridine rings is 1. The molecule has 0 aliphatic heterocycles. The average molecular weight is 413 g/mol. The summed E-state index contributed by atoms with van der Waals surface area (Å²) in [7, 11) is 1.84. The van der Waals surface area contributed by atoms with E-state index in [1.807, 2.05) is 43.4 Å². The average Bonchev–Trinajstić information content (AvgIpc) is 3.21. The lowest BCUT2D eigenvalue weighted by Gasteiger charge is -2.30. The number of nitrogens with zero attached hydrogens (tertiary/aromatic N) is 2. The molecule has 4 rings (SSSR count). The van der Waals surface area contributed by atoms with Gasteiger partial charge in [-0.1, -0.05) is 6.07 Å². The molecule has 0 radical (unpaired) electrons. The van der Waals surface area contributed by atoms with Crippen LogP contribution < -0.4 is 16.0 Å². The minimum absolute atomic E-state index is 0.0585. The molecule has 1 fully saturated rings. The first-order chi connectivity index (χ1) is 14.5. The van der Waals surface area contributed by atoms with Gasteiger partial charge in [0.25, 0.3) is 12.3 Å². The molecule has 2 heterocycles. The van der Waals surface area contributed by atoms with E-state index >= 15 is 0 Å². The van der Waals surface area contributed by atoms with E-state index in [1.54, 1.807) is 10.5 Å². The predicted octanol–water partition coefficient (Wildman–Crippen LogP) is 4.47. The van der Waals surface area contributed by atoms with E-state index in [9.17, 15) is 13.6 Å². The Kier molecular flexibility index (Phi) is 5.83. The minimum Gasteiger partial charge on any atom is -0.388 e. The number of alkyl halides is 2. The van der Waals surface area contributed by atoms with E-state index in [4.69, 9.17) is 0 Å². The second kappa shape index (κ2) is 8.69. The van der Waals surface area contributed by atoms with Gasteiger partial charge in [0.1, 0.15) is 17.2 Å². The Morgan fingerprint density at radius 3 is 2.43 bits per heavy atom. The molecule has 6 nitrogen and oxygen atoms in total. The van der Waals surface area contributed by atoms with Crippen LogP contribution in [0.2, 0.25) is 0 Å². The van der Waals surface area contributed by atoms with Crippen molar-refractivity contribution >= 4 is 23.1 Å². The molecule has 0 spiro atoms. The Labute approximate surface area is 173 Å². The molecule has 8 heteroatoms. The van der Waals surface area contributed by atoms with Crippen molar-refractivity contribution < 1.29 is 13.6 Å². The fourth-order valence-electron chi connectivity index (χ4n) is 3.90. The number of benzene rings is 1. The molecule has 2 aromatic heterocycles. The summed E-state index contributed by atoms with van der Waals surface area (Å²) in [6.07, 6.45) is 2.28. The number of aromatic nitrogens is 2. The van der Waals surface area contributed by atoms with Gasteiger partial charge in [0.2, 0.25) is 0 Å². The SMILES string of the molecule is CNc1ccc(C(=O)NC2CCC(Nc3cccc4nc(C(F)F)cn34)CC2)cc1. The second-order valence-corrected chi connectivity index (χ2v) is 7.60. The summed E-state index contributed by atoms with van der Waals surface area (Å²) >= 11 is 0. The van der Waals surface area contributed by atoms with Crippen LogP contribution in [0.5, 0.6) is 0 Å². The van der Waals surface area contributed by atoms with Crippen molar-refractivity contribution in [1.82, 2.24) is 14.7 Å². The lowest BCUT2D eigenvalue weighted by molar-refractivity contribution is 0.0926. The highest BCUT2D eigenvalue weighted by atomic mass is 19.3. The maximum Gasteiger partial charge on any atom is 0.281 e. The molecule has 30 heavy (non-hydrogen) atoms. The molecule has 1 amide bonds. The van der Waals surface area contributed by atoms with Crippen LogP contribution in [0, 0.1) is 0 Å². The number of hydrogen-bond donors (Lipinski definition) is 3. The van der Waals surface area contributed by atoms with Crippen molar-refractivity contribution in [3.05, 3.63) is 59.9 Å². The molecule has 1 aliphatic rings. The van der Waals surface area contributed by atoms with Gasteiger partial charge >= 0.3 is 0 Å². The Bertz CT molecular complexity index is 1010. The van der Waals surface area contributed by atoms with Crippen LogP contribution in [0.4, 0.5) is 20.3 Å². The minimum atomic E-state index is -2.59. The van der Waals surface area contributed by atoms with E-state index < -0.39 is 6.43 Å². The smallest absolute Gasteiger partial charge is 0.281 e. The maximum atomic E-state index is 13.0. The number of anilines is 2. The van der Waals surface area contributed by atoms with Crippen molar-refractivity contribution in [2.45, 2.75) is 44.2 Å². The summed E-state index contributed by atoms with van der Waals surface area (Å²) in [5, 5.41) is 9.61. The molecule has 1 aromatic carbocycles. The number of imidazole rings is 1. The van der Waals surface area contributed by atoms with Gasteiger partial charge in [0, 0.05) is 36.6 Å². The van der Waals surface area contributed by atoms with Crippen molar-refractivity contribution in [2.24, 2.45) is 0 Å². The third-order valence-corrected chi connectivity index (χ3v) is 5.58. The first kappa shape index (κ1) is 20.1. The number of rotatable bonds is 6. The summed E-state index contributed by atoms with van der Waals surface area (Å²) in [6, 6.07) is 13.1. The monoisotopic (exact) mass is 413 g/mol. The van der Waals surface area contributed by atoms with E-state index in [0.717, 1.165) is 37.2 Å². The van der Waals surface area contributed by atoms with Crippen LogP contribution in [-0.2, 0) is 0 Å². The van der Waals surface area contributed by atoms with Gasteiger partial charge in [-0.3, -0.25) is 9.20 Å². The molecule has 1 saturated carbocycles. The summed E-state index contributed by atoms with van der Waals surface area (Å²) in [6.45, 7) is 0. The highest BCUT2D eigenvalue weighted by molar-refractivity contribution is 5.94. The molecular weight excluding hydrogens is 388 g/mol. The molecule has 0 unspecified atom stereocenters. The van der Waals surface area contributed by atoms with Crippen LogP contribution in [0.25, 0.3) is 5.65 Å². The number of nitrogens with one attached hydrogen (secondary N) is 3. The normalized spacial score (nSPS) is 19.1. The van der Waals surface area contributed by atoms with Gasteiger partial charge in [-0.25, -0.2) is 13.8 Å². The summed E-state index contributed by atoms with van der Waals surface area (Å²) in [4.78, 5) is 16.4. The number of carbonyl (C=O) groups excluding carboxylic acids is 1. The zero-order valence-electron chi connectivity index (χ0n) is 16.7. The van der Waals surface area contributed by atoms with Gasteiger partial charge in [-0.2, -0.15) is 0 Å². The Hall–Kier alpha value is -3.16. The number of halogens is 2. The highest BCUT2D eigenvalue weighted by Gasteiger charge is 2.23. The van der Waals surface area contributed by atoms with Gasteiger partial charge in [0.15, 0.2) is 0 Å². The third kappa shape index (κ3) is 4.37. The maximum absolute atomic E-state index is 13.0. The molecule has 0 saturated heterocycles. The first-order valence-electron chi connectivity index (χ1n) is 10.1. The number of amides is 1. The summed E-state index contributed by atoms with van der Waals surface area (Å²) < 4.78 is 27.6. The lowest BCUT2D eigenvalue weighted by Crippen LogP contribution is -2.40. The second-order valence-electron chi connectivity index (χ2n) is 7.60. The number of hydrogen-bond acceptors (Lipinski definition) is 4. The molecule has 3 aromatic rings. The lowest BCUT2D eigenvalue weighted by atomic mass is 9.91. The van der Waals surface area contributed by atoms with E-state index in [1.165, 1.54) is 6.20 Å². The molecular formula is C22H25F2N5O. The fourth-order valence-corrected chi connectivity index (χ4v) is 3.90. The Morgan fingerprint density at radius 2 is 1.77 bits per heavy atom. The predicted molar refractivity (Wildman–Crippen MR) is 113 cm³/mol. The number of carbonyl (C=O) groups is 1. The van der Waals surface area contributed by atoms with Crippen molar-refractivity contribution in [3.8, 4) is 0 Å². The van der Waals surface area contributed by atoms with Crippen LogP contribution in [0.15, 0.2) is 48.7 Å². The summed E-state index contributed by atoms with van der Waals surface area (Å²) in [5.74, 6) is 0.695. The van der Waals surface area contributed by atoms with Gasteiger partial charge in [-0.05, 0) is 62.1 Å². The molecule has 3 N–H and O–H groups in total. The zero-order chi connectivity index (χ0) is 21.1. The molecule has 0 bridgehead atoms. The Balaban J connectivity index is 1.33. The highest BCUT2D eigenvalue weighted by Crippen LogP contribution is 2.25. The van der Waals surface area contributed by atoms with Crippen LogP contribution in [-0.4, -0.2) is 34.4 Å². The largest absolute Gasteiger partial charge is 0.388 e. The van der Waals surface area contributed by atoms with Gasteiger partial charge < -0.3 is 16.0 Å². The van der Waals surface area contributed by atoms with Crippen molar-refractivity contribution in [1.29, 1.82) is 0 Å². The number of fused-ring (bicyclic) bond motifs is 1. The van der Waals surface area contributed by atoms with Crippen LogP contribution in [0.3, 0.4) is 0 Å². The molecule has 1 aliphatic carbocycles. The standard InChI is InChI=1S/C22H25F2N5O/c1-25-15-7-5-14(6-8-15)22(30)27-17-11-9-16(10-12-17)26-19-3-2-4-20-28-18(21(23)24)13-29(19)20/h2-8,13,16-17,21,25-26H,9-12H2,1H3,(H,27,30). The van der Waals surface area contributed by atoms with Crippen molar-refractivity contribution in [2.75, 3.05) is 17.7 Å².